The van der Waals surface area contributed by atoms with Crippen LogP contribution in [0.15, 0.2) is 53.7 Å². The first-order valence-electron chi connectivity index (χ1n) is 10.1. The third kappa shape index (κ3) is 3.02. The van der Waals surface area contributed by atoms with E-state index in [1.165, 1.54) is 42.3 Å². The molecule has 2 aromatic rings. The summed E-state index contributed by atoms with van der Waals surface area (Å²) in [5.74, 6) is 1.15. The van der Waals surface area contributed by atoms with Crippen LogP contribution in [-0.4, -0.2) is 39.9 Å². The third-order valence-corrected chi connectivity index (χ3v) is 7.16. The van der Waals surface area contributed by atoms with Gasteiger partial charge in [0.25, 0.3) is 0 Å². The molecule has 0 aliphatic carbocycles. The highest BCUT2D eigenvalue weighted by Crippen LogP contribution is 2.48. The smallest absolute Gasteiger partial charge is 0.160 e. The van der Waals surface area contributed by atoms with Gasteiger partial charge in [-0.1, -0.05) is 36.9 Å². The van der Waals surface area contributed by atoms with Crippen LogP contribution in [0.2, 0.25) is 0 Å². The maximum atomic E-state index is 5.11. The molecule has 5 rings (SSSR count). The average molecular weight is 379 g/mol. The number of anilines is 1. The molecular formula is C22H26N4S. The molecule has 1 aromatic heterocycles. The molecule has 0 unspecified atom stereocenters. The summed E-state index contributed by atoms with van der Waals surface area (Å²) in [5, 5.41) is 1.20. The fourth-order valence-electron chi connectivity index (χ4n) is 4.57. The molecule has 4 heterocycles. The summed E-state index contributed by atoms with van der Waals surface area (Å²) in [5.41, 5.74) is 3.78. The molecule has 0 spiro atoms. The van der Waals surface area contributed by atoms with E-state index in [-0.39, 0.29) is 12.1 Å². The van der Waals surface area contributed by atoms with Crippen LogP contribution in [0, 0.1) is 0 Å². The Bertz CT molecular complexity index is 814. The summed E-state index contributed by atoms with van der Waals surface area (Å²) >= 11 is 1.91. The van der Waals surface area contributed by atoms with Crippen molar-refractivity contribution in [1.82, 2.24) is 9.88 Å². The van der Waals surface area contributed by atoms with E-state index in [1.807, 2.05) is 24.0 Å². The quantitative estimate of drug-likeness (QED) is 0.774. The number of hydrogen-bond acceptors (Lipinski definition) is 5. The number of pyridine rings is 1. The van der Waals surface area contributed by atoms with Crippen molar-refractivity contribution < 1.29 is 0 Å². The molecule has 4 nitrogen and oxygen atoms in total. The van der Waals surface area contributed by atoms with Crippen molar-refractivity contribution in [3.05, 3.63) is 59.9 Å². The number of amidine groups is 1. The zero-order chi connectivity index (χ0) is 18.2. The highest BCUT2D eigenvalue weighted by Gasteiger charge is 2.45. The van der Waals surface area contributed by atoms with Gasteiger partial charge in [-0.05, 0) is 49.1 Å². The summed E-state index contributed by atoms with van der Waals surface area (Å²) in [6, 6.07) is 16.3. The molecule has 1 aromatic carbocycles. The lowest BCUT2D eigenvalue weighted by Crippen LogP contribution is -2.35. The number of aromatic nitrogens is 1. The first kappa shape index (κ1) is 17.1. The highest BCUT2D eigenvalue weighted by atomic mass is 32.2. The largest absolute Gasteiger partial charge is 0.372 e. The number of fused-ring (bicyclic) bond motifs is 1. The molecular weight excluding hydrogens is 352 g/mol. The zero-order valence-corrected chi connectivity index (χ0v) is 16.6. The minimum Gasteiger partial charge on any atom is -0.372 e. The van der Waals surface area contributed by atoms with Gasteiger partial charge in [-0.25, -0.2) is 0 Å². The molecule has 0 N–H and O–H groups in total. The van der Waals surface area contributed by atoms with Gasteiger partial charge < -0.3 is 9.80 Å². The Labute approximate surface area is 165 Å². The van der Waals surface area contributed by atoms with E-state index in [0.29, 0.717) is 6.04 Å². The van der Waals surface area contributed by atoms with Crippen LogP contribution in [0.4, 0.5) is 5.69 Å². The monoisotopic (exact) mass is 378 g/mol. The molecule has 3 aliphatic rings. The Morgan fingerprint density at radius 3 is 2.59 bits per heavy atom. The first-order valence-corrected chi connectivity index (χ1v) is 11.1. The number of rotatable bonds is 4. The lowest BCUT2D eigenvalue weighted by Gasteiger charge is -2.32. The van der Waals surface area contributed by atoms with Crippen LogP contribution in [0.5, 0.6) is 0 Å². The second-order valence-corrected chi connectivity index (χ2v) is 8.61. The standard InChI is InChI=1S/C22H26N4S/c1-2-17-15-27-22-24-20(19-7-3-4-12-23-19)21(26(17)22)16-8-10-18(11-9-16)25-13-5-6-14-25/h3-4,7-12,17,20-21H,2,5-6,13-15H2,1H3/t17-,20+,21-/m1/s1. The van der Waals surface area contributed by atoms with Crippen LogP contribution >= 0.6 is 11.8 Å². The Balaban J connectivity index is 1.50. The van der Waals surface area contributed by atoms with Crippen molar-refractivity contribution in [2.75, 3.05) is 23.7 Å². The molecule has 0 bridgehead atoms. The van der Waals surface area contributed by atoms with Gasteiger partial charge in [-0.3, -0.25) is 9.98 Å². The molecule has 27 heavy (non-hydrogen) atoms. The molecule has 3 aliphatic heterocycles. The van der Waals surface area contributed by atoms with E-state index < -0.39 is 0 Å². The summed E-state index contributed by atoms with van der Waals surface area (Å²) in [7, 11) is 0. The SMILES string of the molecule is CC[C@@H]1CSC2=N[C@@H](c3ccccn3)[C@@H](c3ccc(N4CCCC4)cc3)N21. The van der Waals surface area contributed by atoms with E-state index in [9.17, 15) is 0 Å². The molecule has 0 saturated carbocycles. The predicted octanol–water partition coefficient (Wildman–Crippen LogP) is 4.66. The van der Waals surface area contributed by atoms with Crippen molar-refractivity contribution in [2.45, 2.75) is 44.3 Å². The number of hydrogen-bond donors (Lipinski definition) is 0. The van der Waals surface area contributed by atoms with Crippen molar-refractivity contribution in [3.8, 4) is 0 Å². The number of thioether (sulfide) groups is 1. The van der Waals surface area contributed by atoms with Crippen molar-refractivity contribution in [2.24, 2.45) is 4.99 Å². The number of aliphatic imine (C=N–C) groups is 1. The van der Waals surface area contributed by atoms with Gasteiger partial charge in [0.05, 0.1) is 11.7 Å². The van der Waals surface area contributed by atoms with Gasteiger partial charge in [-0.15, -0.1) is 0 Å². The lowest BCUT2D eigenvalue weighted by molar-refractivity contribution is 0.255. The molecule has 2 saturated heterocycles. The summed E-state index contributed by atoms with van der Waals surface area (Å²) in [6.45, 7) is 4.66. The number of benzene rings is 1. The third-order valence-electron chi connectivity index (χ3n) is 6.04. The molecule has 140 valence electrons. The van der Waals surface area contributed by atoms with Gasteiger partial charge in [0, 0.05) is 36.8 Å². The Morgan fingerprint density at radius 1 is 1.07 bits per heavy atom. The Morgan fingerprint density at radius 2 is 1.89 bits per heavy atom. The minimum atomic E-state index is 0.0840. The van der Waals surface area contributed by atoms with Gasteiger partial charge >= 0.3 is 0 Å². The van der Waals surface area contributed by atoms with E-state index in [2.05, 4.69) is 58.1 Å². The van der Waals surface area contributed by atoms with Crippen LogP contribution in [0.25, 0.3) is 0 Å². The summed E-state index contributed by atoms with van der Waals surface area (Å²) in [6.07, 6.45) is 5.67. The lowest BCUT2D eigenvalue weighted by atomic mass is 9.95. The minimum absolute atomic E-state index is 0.0840. The van der Waals surface area contributed by atoms with Gasteiger partial charge in [0.15, 0.2) is 5.17 Å². The van der Waals surface area contributed by atoms with Crippen LogP contribution < -0.4 is 4.90 Å². The van der Waals surface area contributed by atoms with E-state index >= 15 is 0 Å². The molecule has 3 atom stereocenters. The molecule has 0 radical (unpaired) electrons. The first-order chi connectivity index (χ1) is 13.3. The molecule has 2 fully saturated rings. The highest BCUT2D eigenvalue weighted by molar-refractivity contribution is 8.14. The average Bonchev–Trinajstić information content (AvgIpc) is 3.45. The van der Waals surface area contributed by atoms with Crippen molar-refractivity contribution >= 4 is 22.6 Å². The topological polar surface area (TPSA) is 31.7 Å². The maximum absolute atomic E-state index is 5.11. The van der Waals surface area contributed by atoms with Crippen LogP contribution in [-0.2, 0) is 0 Å². The summed E-state index contributed by atoms with van der Waals surface area (Å²) in [4.78, 5) is 14.8. The second-order valence-electron chi connectivity index (χ2n) is 7.62. The van der Waals surface area contributed by atoms with Crippen molar-refractivity contribution in [1.29, 1.82) is 0 Å². The van der Waals surface area contributed by atoms with E-state index in [4.69, 9.17) is 4.99 Å². The van der Waals surface area contributed by atoms with Gasteiger partial charge in [-0.2, -0.15) is 0 Å². The second kappa shape index (κ2) is 7.19. The van der Waals surface area contributed by atoms with Crippen LogP contribution in [0.3, 0.4) is 0 Å². The van der Waals surface area contributed by atoms with Gasteiger partial charge in [0.2, 0.25) is 0 Å². The van der Waals surface area contributed by atoms with Crippen LogP contribution in [0.1, 0.15) is 49.5 Å². The molecule has 5 heteroatoms. The number of nitrogens with zero attached hydrogens (tertiary/aromatic N) is 4. The maximum Gasteiger partial charge on any atom is 0.160 e. The Kier molecular flexibility index (Phi) is 4.56. The molecule has 0 amide bonds. The zero-order valence-electron chi connectivity index (χ0n) is 15.8. The van der Waals surface area contributed by atoms with Gasteiger partial charge in [0.1, 0.15) is 6.04 Å². The predicted molar refractivity (Wildman–Crippen MR) is 113 cm³/mol. The van der Waals surface area contributed by atoms with E-state index in [1.54, 1.807) is 0 Å². The fraction of sp³-hybridized carbons (Fsp3) is 0.455. The Hall–Kier alpha value is -2.01. The fourth-order valence-corrected chi connectivity index (χ4v) is 5.90. The summed E-state index contributed by atoms with van der Waals surface area (Å²) < 4.78 is 0. The normalized spacial score (nSPS) is 27.1. The van der Waals surface area contributed by atoms with E-state index in [0.717, 1.165) is 17.9 Å². The van der Waals surface area contributed by atoms with Crippen molar-refractivity contribution in [3.63, 3.8) is 0 Å².